The van der Waals surface area contributed by atoms with Crippen molar-refractivity contribution in [3.05, 3.63) is 0 Å². The van der Waals surface area contributed by atoms with Crippen LogP contribution in [0.1, 0.15) is 44.9 Å². The molecule has 4 fully saturated rings. The summed E-state index contributed by atoms with van der Waals surface area (Å²) in [5, 5.41) is 0. The molecule has 0 atom stereocenters. The minimum Gasteiger partial charge on any atom is -0.331 e. The first-order valence-electron chi connectivity index (χ1n) is 7.25. The van der Waals surface area contributed by atoms with Crippen molar-refractivity contribution in [1.29, 1.82) is 0 Å². The van der Waals surface area contributed by atoms with E-state index >= 15 is 0 Å². The Morgan fingerprint density at radius 2 is 1.31 bits per heavy atom. The Balaban J connectivity index is 1.69. The summed E-state index contributed by atoms with van der Waals surface area (Å²) in [6.45, 7) is 1.38. The van der Waals surface area contributed by atoms with Gasteiger partial charge in [0, 0.05) is 6.42 Å². The molecule has 4 saturated carbocycles. The largest absolute Gasteiger partial charge is 0.331 e. The van der Waals surface area contributed by atoms with E-state index in [1.165, 1.54) is 13.0 Å². The number of nitrogens with zero attached hydrogens (tertiary/aromatic N) is 1. The molecule has 0 N–H and O–H groups in total. The molecule has 0 unspecified atom stereocenters. The van der Waals surface area contributed by atoms with Gasteiger partial charge in [-0.3, -0.25) is 0 Å². The minimum absolute atomic E-state index is 0.792. The summed E-state index contributed by atoms with van der Waals surface area (Å²) in [6, 6.07) is 0. The quantitative estimate of drug-likeness (QED) is 0.643. The Bertz CT molecular complexity index is 238. The van der Waals surface area contributed by atoms with Crippen molar-refractivity contribution in [3.8, 4) is 0 Å². The van der Waals surface area contributed by atoms with Gasteiger partial charge in [0.2, 0.25) is 0 Å². The topological polar surface area (TPSA) is 0 Å². The third-order valence-corrected chi connectivity index (χ3v) is 5.48. The number of hydrogen-bond acceptors (Lipinski definition) is 0. The predicted octanol–water partition coefficient (Wildman–Crippen LogP) is 3.30. The van der Waals surface area contributed by atoms with Crippen LogP contribution in [-0.4, -0.2) is 32.2 Å². The average molecular weight is 222 g/mol. The maximum atomic E-state index is 2.35. The highest BCUT2D eigenvalue weighted by molar-refractivity contribution is 5.01. The van der Waals surface area contributed by atoms with Crippen molar-refractivity contribution >= 4 is 0 Å². The van der Waals surface area contributed by atoms with Gasteiger partial charge in [0.05, 0.1) is 27.7 Å². The van der Waals surface area contributed by atoms with E-state index in [1.807, 2.05) is 0 Å². The first-order valence-corrected chi connectivity index (χ1v) is 7.25. The fourth-order valence-electron chi connectivity index (χ4n) is 5.17. The highest BCUT2D eigenvalue weighted by Crippen LogP contribution is 2.61. The lowest BCUT2D eigenvalue weighted by molar-refractivity contribution is -0.871. The molecular formula is C15H28N+. The van der Waals surface area contributed by atoms with Crippen molar-refractivity contribution in [1.82, 2.24) is 0 Å². The van der Waals surface area contributed by atoms with Gasteiger partial charge in [0.25, 0.3) is 0 Å². The summed E-state index contributed by atoms with van der Waals surface area (Å²) in [7, 11) is 7.04. The fourth-order valence-corrected chi connectivity index (χ4v) is 5.17. The van der Waals surface area contributed by atoms with Crippen molar-refractivity contribution in [2.24, 2.45) is 23.2 Å². The molecule has 4 aliphatic rings. The third-order valence-electron chi connectivity index (χ3n) is 5.48. The van der Waals surface area contributed by atoms with Crippen LogP contribution in [0.2, 0.25) is 0 Å². The van der Waals surface area contributed by atoms with Crippen LogP contribution in [0.5, 0.6) is 0 Å². The smallest absolute Gasteiger partial charge is 0.0785 e. The van der Waals surface area contributed by atoms with E-state index in [0.717, 1.165) is 27.7 Å². The van der Waals surface area contributed by atoms with Crippen LogP contribution in [0.3, 0.4) is 0 Å². The predicted molar refractivity (Wildman–Crippen MR) is 68.1 cm³/mol. The lowest BCUT2D eigenvalue weighted by Crippen LogP contribution is -2.48. The van der Waals surface area contributed by atoms with E-state index in [9.17, 15) is 0 Å². The number of quaternary nitrogens is 1. The highest BCUT2D eigenvalue weighted by Gasteiger charge is 2.50. The van der Waals surface area contributed by atoms with E-state index < -0.39 is 0 Å². The zero-order chi connectivity index (χ0) is 11.4. The lowest BCUT2D eigenvalue weighted by Gasteiger charge is -2.57. The summed E-state index contributed by atoms with van der Waals surface area (Å²) in [6.07, 6.45) is 11.0. The van der Waals surface area contributed by atoms with Gasteiger partial charge in [-0.15, -0.1) is 0 Å². The second-order valence-electron chi connectivity index (χ2n) is 8.18. The van der Waals surface area contributed by atoms with Gasteiger partial charge in [0.1, 0.15) is 0 Å². The van der Waals surface area contributed by atoms with Crippen LogP contribution in [0, 0.1) is 23.2 Å². The third kappa shape index (κ3) is 2.03. The Kier molecular flexibility index (Phi) is 2.41. The van der Waals surface area contributed by atoms with Crippen LogP contribution in [0.4, 0.5) is 0 Å². The summed E-state index contributed by atoms with van der Waals surface area (Å²) < 4.78 is 1.15. The molecule has 0 aromatic heterocycles. The summed E-state index contributed by atoms with van der Waals surface area (Å²) >= 11 is 0. The van der Waals surface area contributed by atoms with Gasteiger partial charge in [0.15, 0.2) is 0 Å². The first-order chi connectivity index (χ1) is 7.44. The van der Waals surface area contributed by atoms with Gasteiger partial charge in [-0.1, -0.05) is 0 Å². The van der Waals surface area contributed by atoms with Crippen LogP contribution < -0.4 is 0 Å². The van der Waals surface area contributed by atoms with Crippen LogP contribution in [0.15, 0.2) is 0 Å². The van der Waals surface area contributed by atoms with Gasteiger partial charge >= 0.3 is 0 Å². The molecule has 4 rings (SSSR count). The molecule has 0 aromatic rings. The van der Waals surface area contributed by atoms with E-state index in [2.05, 4.69) is 21.1 Å². The SMILES string of the molecule is C[N+](C)(C)CCC12CC3CC(CC(C3)C1)C2. The monoisotopic (exact) mass is 222 g/mol. The van der Waals surface area contributed by atoms with Crippen molar-refractivity contribution in [2.45, 2.75) is 44.9 Å². The Hall–Kier alpha value is -0.0400. The molecule has 1 nitrogen and oxygen atoms in total. The summed E-state index contributed by atoms with van der Waals surface area (Å²) in [5.41, 5.74) is 0.792. The molecule has 0 spiro atoms. The number of rotatable bonds is 3. The van der Waals surface area contributed by atoms with E-state index in [-0.39, 0.29) is 0 Å². The van der Waals surface area contributed by atoms with E-state index in [0.29, 0.717) is 0 Å². The lowest BCUT2D eigenvalue weighted by atomic mass is 9.49. The average Bonchev–Trinajstić information content (AvgIpc) is 2.11. The zero-order valence-electron chi connectivity index (χ0n) is 11.3. The summed E-state index contributed by atoms with van der Waals surface area (Å²) in [5.74, 6) is 3.37. The zero-order valence-corrected chi connectivity index (χ0v) is 11.3. The molecule has 4 aliphatic carbocycles. The Morgan fingerprint density at radius 3 is 1.69 bits per heavy atom. The van der Waals surface area contributed by atoms with E-state index in [1.54, 1.807) is 38.5 Å². The second-order valence-corrected chi connectivity index (χ2v) is 8.18. The van der Waals surface area contributed by atoms with Crippen LogP contribution >= 0.6 is 0 Å². The highest BCUT2D eigenvalue weighted by atomic mass is 15.3. The molecular weight excluding hydrogens is 194 g/mol. The van der Waals surface area contributed by atoms with E-state index in [4.69, 9.17) is 0 Å². The second kappa shape index (κ2) is 3.48. The molecule has 0 radical (unpaired) electrons. The maximum absolute atomic E-state index is 2.35. The normalized spacial score (nSPS) is 46.3. The molecule has 1 heteroatoms. The number of hydrogen-bond donors (Lipinski definition) is 0. The minimum atomic E-state index is 0.792. The Labute approximate surface area is 101 Å². The van der Waals surface area contributed by atoms with Gasteiger partial charge < -0.3 is 4.48 Å². The fraction of sp³-hybridized carbons (Fsp3) is 1.00. The van der Waals surface area contributed by atoms with Crippen molar-refractivity contribution < 1.29 is 4.48 Å². The van der Waals surface area contributed by atoms with Crippen LogP contribution in [-0.2, 0) is 0 Å². The van der Waals surface area contributed by atoms with Gasteiger partial charge in [-0.2, -0.15) is 0 Å². The molecule has 0 heterocycles. The molecule has 92 valence electrons. The first kappa shape index (κ1) is 11.1. The molecule has 0 aliphatic heterocycles. The van der Waals surface area contributed by atoms with Crippen molar-refractivity contribution in [2.75, 3.05) is 27.7 Å². The maximum Gasteiger partial charge on any atom is 0.0785 e. The standard InChI is InChI=1S/C15H28N/c1-16(2,3)5-4-15-9-12-6-13(10-15)8-14(7-12)11-15/h12-14H,4-11H2,1-3H3/q+1. The van der Waals surface area contributed by atoms with Crippen molar-refractivity contribution in [3.63, 3.8) is 0 Å². The molecule has 16 heavy (non-hydrogen) atoms. The Morgan fingerprint density at radius 1 is 0.875 bits per heavy atom. The van der Waals surface area contributed by atoms with Crippen LogP contribution in [0.25, 0.3) is 0 Å². The molecule has 0 saturated heterocycles. The molecule has 0 amide bonds. The molecule has 0 aromatic carbocycles. The molecule has 4 bridgehead atoms. The summed E-state index contributed by atoms with van der Waals surface area (Å²) in [4.78, 5) is 0. The van der Waals surface area contributed by atoms with Gasteiger partial charge in [-0.05, 0) is 61.7 Å². The van der Waals surface area contributed by atoms with Gasteiger partial charge in [-0.25, -0.2) is 0 Å².